The number of benzene rings is 2. The van der Waals surface area contributed by atoms with Gasteiger partial charge in [-0.05, 0) is 36.5 Å². The summed E-state index contributed by atoms with van der Waals surface area (Å²) in [4.78, 5) is 21.2. The Morgan fingerprint density at radius 2 is 1.82 bits per heavy atom. The Hall–Kier alpha value is -2.04. The molecular formula is C23H21ClN2OS. The van der Waals surface area contributed by atoms with Crippen molar-refractivity contribution in [2.45, 2.75) is 48.4 Å². The zero-order chi connectivity index (χ0) is 19.1. The van der Waals surface area contributed by atoms with Gasteiger partial charge in [-0.3, -0.25) is 4.79 Å². The minimum absolute atomic E-state index is 0.0306. The van der Waals surface area contributed by atoms with Gasteiger partial charge in [0.15, 0.2) is 5.16 Å². The molecule has 5 rings (SSSR count). The predicted octanol–water partition coefficient (Wildman–Crippen LogP) is 5.75. The van der Waals surface area contributed by atoms with E-state index in [0.29, 0.717) is 10.9 Å². The molecule has 1 fully saturated rings. The molecule has 1 heterocycles. The van der Waals surface area contributed by atoms with Crippen LogP contribution >= 0.6 is 23.4 Å². The number of hydrogen-bond donors (Lipinski definition) is 1. The molecule has 0 radical (unpaired) electrons. The molecule has 0 aliphatic heterocycles. The lowest BCUT2D eigenvalue weighted by molar-refractivity contribution is 0.425. The van der Waals surface area contributed by atoms with Gasteiger partial charge < -0.3 is 4.98 Å². The minimum Gasteiger partial charge on any atom is -0.301 e. The van der Waals surface area contributed by atoms with Crippen LogP contribution in [0.25, 0.3) is 11.3 Å². The summed E-state index contributed by atoms with van der Waals surface area (Å²) in [5.74, 6) is 0.675. The first-order valence-corrected chi connectivity index (χ1v) is 11.1. The molecule has 5 heteroatoms. The molecule has 1 spiro atoms. The summed E-state index contributed by atoms with van der Waals surface area (Å²) >= 11 is 7.81. The first-order valence-electron chi connectivity index (χ1n) is 9.76. The molecule has 0 amide bonds. The Bertz CT molecular complexity index is 1100. The average molecular weight is 409 g/mol. The normalized spacial score (nSPS) is 16.8. The van der Waals surface area contributed by atoms with E-state index in [4.69, 9.17) is 16.6 Å². The fourth-order valence-corrected chi connectivity index (χ4v) is 5.95. The maximum atomic E-state index is 13.2. The Kier molecular flexibility index (Phi) is 4.56. The highest BCUT2D eigenvalue weighted by Crippen LogP contribution is 2.49. The van der Waals surface area contributed by atoms with E-state index in [-0.39, 0.29) is 11.0 Å². The number of halogens is 1. The van der Waals surface area contributed by atoms with E-state index in [1.54, 1.807) is 0 Å². The number of nitrogens with one attached hydrogen (secondary N) is 1. The van der Waals surface area contributed by atoms with Crippen LogP contribution in [0, 0.1) is 0 Å². The Morgan fingerprint density at radius 3 is 2.64 bits per heavy atom. The maximum Gasteiger partial charge on any atom is 0.255 e. The maximum absolute atomic E-state index is 13.2. The van der Waals surface area contributed by atoms with Crippen LogP contribution in [0.15, 0.2) is 58.5 Å². The molecular weight excluding hydrogens is 388 g/mol. The van der Waals surface area contributed by atoms with Gasteiger partial charge in [-0.25, -0.2) is 4.98 Å². The molecule has 2 aliphatic rings. The molecule has 3 aromatic rings. The number of hydrogen-bond acceptors (Lipinski definition) is 3. The van der Waals surface area contributed by atoms with E-state index in [1.807, 2.05) is 30.3 Å². The van der Waals surface area contributed by atoms with Gasteiger partial charge in [0, 0.05) is 21.8 Å². The van der Waals surface area contributed by atoms with Gasteiger partial charge in [0.05, 0.1) is 11.3 Å². The summed E-state index contributed by atoms with van der Waals surface area (Å²) in [6, 6.07) is 16.2. The largest absolute Gasteiger partial charge is 0.301 e. The van der Waals surface area contributed by atoms with Crippen LogP contribution in [-0.4, -0.2) is 9.97 Å². The Morgan fingerprint density at radius 1 is 1.07 bits per heavy atom. The fourth-order valence-electron chi connectivity index (χ4n) is 4.81. The summed E-state index contributed by atoms with van der Waals surface area (Å²) in [6.45, 7) is 0. The fraction of sp³-hybridized carbons (Fsp3) is 0.304. The van der Waals surface area contributed by atoms with E-state index in [2.05, 4.69) is 23.2 Å². The minimum atomic E-state index is -0.0454. The SMILES string of the molecule is O=c1[nH]c(SCc2ccccc2Cl)nc2c1C1(CCCC1)Cc1ccccc1-2. The lowest BCUT2D eigenvalue weighted by Gasteiger charge is -2.35. The van der Waals surface area contributed by atoms with Gasteiger partial charge in [0.2, 0.25) is 0 Å². The van der Waals surface area contributed by atoms with E-state index >= 15 is 0 Å². The summed E-state index contributed by atoms with van der Waals surface area (Å²) in [5, 5.41) is 1.40. The second-order valence-corrected chi connectivity index (χ2v) is 9.17. The highest BCUT2D eigenvalue weighted by atomic mass is 35.5. The Labute approximate surface area is 173 Å². The third-order valence-electron chi connectivity index (χ3n) is 6.11. The second-order valence-electron chi connectivity index (χ2n) is 7.80. The van der Waals surface area contributed by atoms with Crippen LogP contribution in [0.4, 0.5) is 0 Å². The predicted molar refractivity (Wildman–Crippen MR) is 115 cm³/mol. The van der Waals surface area contributed by atoms with E-state index in [1.165, 1.54) is 30.2 Å². The molecule has 28 heavy (non-hydrogen) atoms. The van der Waals surface area contributed by atoms with Crippen LogP contribution in [0.1, 0.15) is 42.4 Å². The molecule has 0 atom stereocenters. The zero-order valence-electron chi connectivity index (χ0n) is 15.5. The average Bonchev–Trinajstić information content (AvgIpc) is 3.15. The molecule has 0 saturated heterocycles. The van der Waals surface area contributed by atoms with Crippen molar-refractivity contribution in [3.8, 4) is 11.3 Å². The van der Waals surface area contributed by atoms with Gasteiger partial charge in [0.25, 0.3) is 5.56 Å². The van der Waals surface area contributed by atoms with Gasteiger partial charge in [-0.15, -0.1) is 0 Å². The number of nitrogens with zero attached hydrogens (tertiary/aromatic N) is 1. The smallest absolute Gasteiger partial charge is 0.255 e. The first kappa shape index (κ1) is 18.0. The monoisotopic (exact) mass is 408 g/mol. The van der Waals surface area contributed by atoms with Crippen molar-refractivity contribution < 1.29 is 0 Å². The van der Waals surface area contributed by atoms with Crippen LogP contribution in [-0.2, 0) is 17.6 Å². The first-order chi connectivity index (χ1) is 13.7. The molecule has 1 saturated carbocycles. The third kappa shape index (κ3) is 2.99. The van der Waals surface area contributed by atoms with Crippen molar-refractivity contribution in [2.75, 3.05) is 0 Å². The van der Waals surface area contributed by atoms with Gasteiger partial charge in [-0.1, -0.05) is 78.7 Å². The van der Waals surface area contributed by atoms with Gasteiger partial charge >= 0.3 is 0 Å². The lowest BCUT2D eigenvalue weighted by atomic mass is 9.68. The number of fused-ring (bicyclic) bond motifs is 4. The number of aromatic nitrogens is 2. The molecule has 1 N–H and O–H groups in total. The number of H-pyrrole nitrogens is 1. The van der Waals surface area contributed by atoms with Crippen LogP contribution in [0.5, 0.6) is 0 Å². The summed E-state index contributed by atoms with van der Waals surface area (Å²) < 4.78 is 0. The molecule has 2 aromatic carbocycles. The topological polar surface area (TPSA) is 45.8 Å². The highest BCUT2D eigenvalue weighted by molar-refractivity contribution is 7.98. The molecule has 142 valence electrons. The summed E-state index contributed by atoms with van der Waals surface area (Å²) in [5.41, 5.74) is 5.25. The summed E-state index contributed by atoms with van der Waals surface area (Å²) in [7, 11) is 0. The second kappa shape index (κ2) is 7.09. The standard InChI is InChI=1S/C23H21ClN2OS/c24-18-10-4-2-8-16(18)14-28-22-25-20-17-9-3-1-7-15(17)13-23(11-5-6-12-23)19(20)21(27)26-22/h1-4,7-10H,5-6,11-14H2,(H,25,26,27). The van der Waals surface area contributed by atoms with Crippen LogP contribution in [0.3, 0.4) is 0 Å². The van der Waals surface area contributed by atoms with Crippen molar-refractivity contribution in [1.82, 2.24) is 9.97 Å². The highest BCUT2D eigenvalue weighted by Gasteiger charge is 2.43. The van der Waals surface area contributed by atoms with Crippen molar-refractivity contribution >= 4 is 23.4 Å². The van der Waals surface area contributed by atoms with Crippen LogP contribution in [0.2, 0.25) is 5.02 Å². The van der Waals surface area contributed by atoms with Crippen molar-refractivity contribution in [2.24, 2.45) is 0 Å². The van der Waals surface area contributed by atoms with Crippen LogP contribution < -0.4 is 5.56 Å². The number of thioether (sulfide) groups is 1. The molecule has 1 aromatic heterocycles. The number of aromatic amines is 1. The zero-order valence-corrected chi connectivity index (χ0v) is 17.1. The summed E-state index contributed by atoms with van der Waals surface area (Å²) in [6.07, 6.45) is 5.47. The van der Waals surface area contributed by atoms with E-state index in [9.17, 15) is 4.79 Å². The van der Waals surface area contributed by atoms with Gasteiger partial charge in [0.1, 0.15) is 0 Å². The molecule has 0 bridgehead atoms. The number of rotatable bonds is 3. The Balaban J connectivity index is 1.58. The van der Waals surface area contributed by atoms with E-state index < -0.39 is 0 Å². The van der Waals surface area contributed by atoms with Crippen molar-refractivity contribution in [3.05, 3.63) is 80.6 Å². The third-order valence-corrected chi connectivity index (χ3v) is 7.40. The van der Waals surface area contributed by atoms with Gasteiger partial charge in [-0.2, -0.15) is 0 Å². The van der Waals surface area contributed by atoms with E-state index in [0.717, 1.165) is 46.7 Å². The molecule has 2 aliphatic carbocycles. The van der Waals surface area contributed by atoms with Crippen molar-refractivity contribution in [3.63, 3.8) is 0 Å². The quantitative estimate of drug-likeness (QED) is 0.443. The molecule has 0 unspecified atom stereocenters. The lowest BCUT2D eigenvalue weighted by Crippen LogP contribution is -2.37. The molecule has 3 nitrogen and oxygen atoms in total. The van der Waals surface area contributed by atoms with Crippen molar-refractivity contribution in [1.29, 1.82) is 0 Å².